The fourth-order valence-electron chi connectivity index (χ4n) is 10.1. The van der Waals surface area contributed by atoms with Crippen molar-refractivity contribution in [1.29, 1.82) is 0 Å². The molecule has 5 fully saturated rings. The smallest absolute Gasteiger partial charge is 0.331 e. The molecule has 4 aliphatic carbocycles. The van der Waals surface area contributed by atoms with Crippen LogP contribution in [0.1, 0.15) is 72.1 Å². The maximum absolute atomic E-state index is 13.1. The number of hydrogen-bond acceptors (Lipinski definition) is 12. The monoisotopic (exact) mass is 608 g/mol. The van der Waals surface area contributed by atoms with Crippen LogP contribution >= 0.6 is 0 Å². The summed E-state index contributed by atoms with van der Waals surface area (Å²) in [5.74, 6) is -2.07. The van der Waals surface area contributed by atoms with Crippen LogP contribution in [0.4, 0.5) is 0 Å². The molecular weight excluding hydrogens is 564 g/mol. The number of esters is 2. The Morgan fingerprint density at radius 1 is 1.02 bits per heavy atom. The van der Waals surface area contributed by atoms with Gasteiger partial charge in [0.15, 0.2) is 6.29 Å². The van der Waals surface area contributed by atoms with Crippen LogP contribution in [0.2, 0.25) is 0 Å². The van der Waals surface area contributed by atoms with Crippen molar-refractivity contribution in [3.8, 4) is 0 Å². The largest absolute Gasteiger partial charge is 0.462 e. The Morgan fingerprint density at radius 3 is 2.40 bits per heavy atom. The maximum Gasteiger partial charge on any atom is 0.331 e. The van der Waals surface area contributed by atoms with Gasteiger partial charge >= 0.3 is 11.9 Å². The van der Waals surface area contributed by atoms with Crippen molar-refractivity contribution in [3.05, 3.63) is 11.6 Å². The van der Waals surface area contributed by atoms with Gasteiger partial charge in [0.25, 0.3) is 0 Å². The van der Waals surface area contributed by atoms with Gasteiger partial charge in [0.1, 0.15) is 37.3 Å². The highest BCUT2D eigenvalue weighted by Crippen LogP contribution is 2.70. The zero-order valence-corrected chi connectivity index (χ0v) is 24.9. The van der Waals surface area contributed by atoms with E-state index in [1.54, 1.807) is 6.92 Å². The average Bonchev–Trinajstić information content (AvgIpc) is 3.46. The fourth-order valence-corrected chi connectivity index (χ4v) is 10.1. The van der Waals surface area contributed by atoms with Gasteiger partial charge in [0, 0.05) is 37.2 Å². The lowest BCUT2D eigenvalue weighted by molar-refractivity contribution is -0.317. The lowest BCUT2D eigenvalue weighted by Crippen LogP contribution is -2.69. The highest BCUT2D eigenvalue weighted by molar-refractivity contribution is 5.85. The number of carbonyl (C=O) groups is 3. The normalized spacial score (nSPS) is 52.7. The second-order valence-corrected chi connectivity index (χ2v) is 14.2. The van der Waals surface area contributed by atoms with E-state index in [4.69, 9.17) is 18.9 Å². The summed E-state index contributed by atoms with van der Waals surface area (Å²) in [5, 5.41) is 55.5. The molecule has 14 unspecified atom stereocenters. The summed E-state index contributed by atoms with van der Waals surface area (Å²) in [5.41, 5.74) is -3.98. The first-order valence-corrected chi connectivity index (χ1v) is 15.5. The molecule has 43 heavy (non-hydrogen) atoms. The van der Waals surface area contributed by atoms with E-state index in [1.807, 2.05) is 6.92 Å². The van der Waals surface area contributed by atoms with Crippen molar-refractivity contribution >= 4 is 18.2 Å². The quantitative estimate of drug-likeness (QED) is 0.163. The molecule has 0 amide bonds. The molecule has 2 heterocycles. The zero-order chi connectivity index (χ0) is 31.1. The van der Waals surface area contributed by atoms with E-state index in [1.165, 1.54) is 13.0 Å². The Morgan fingerprint density at radius 2 is 1.74 bits per heavy atom. The Bertz CT molecular complexity index is 1190. The van der Waals surface area contributed by atoms with Crippen LogP contribution in [-0.4, -0.2) is 104 Å². The second kappa shape index (κ2) is 10.6. The third-order valence-corrected chi connectivity index (χ3v) is 12.2. The highest BCUT2D eigenvalue weighted by Gasteiger charge is 2.74. The molecular formula is C31H44O12. The van der Waals surface area contributed by atoms with Gasteiger partial charge in [-0.15, -0.1) is 0 Å². The topological polar surface area (TPSA) is 189 Å². The van der Waals surface area contributed by atoms with E-state index in [0.717, 1.165) is 6.29 Å². The summed E-state index contributed by atoms with van der Waals surface area (Å²) in [6, 6.07) is 0. The molecule has 4 saturated carbocycles. The van der Waals surface area contributed by atoms with Crippen molar-refractivity contribution in [3.63, 3.8) is 0 Å². The summed E-state index contributed by atoms with van der Waals surface area (Å²) in [7, 11) is 0. The number of aliphatic hydroxyl groups excluding tert-OH is 3. The lowest BCUT2D eigenvalue weighted by Gasteiger charge is -2.65. The van der Waals surface area contributed by atoms with Crippen LogP contribution in [0.3, 0.4) is 0 Å². The van der Waals surface area contributed by atoms with Crippen LogP contribution in [0.25, 0.3) is 0 Å². The van der Waals surface area contributed by atoms with Gasteiger partial charge in [0.05, 0.1) is 28.8 Å². The number of hydrogen-bond donors (Lipinski definition) is 5. The number of rotatable bonds is 5. The van der Waals surface area contributed by atoms with E-state index >= 15 is 0 Å². The van der Waals surface area contributed by atoms with E-state index in [9.17, 15) is 39.9 Å². The molecule has 0 radical (unpaired) electrons. The molecule has 6 rings (SSSR count). The van der Waals surface area contributed by atoms with Crippen molar-refractivity contribution in [2.75, 3.05) is 6.61 Å². The first kappa shape index (κ1) is 31.1. The Hall–Kier alpha value is -1.93. The minimum absolute atomic E-state index is 0.0780. The number of fused-ring (bicyclic) bond motifs is 5. The van der Waals surface area contributed by atoms with E-state index in [2.05, 4.69) is 0 Å². The summed E-state index contributed by atoms with van der Waals surface area (Å²) in [4.78, 5) is 37.2. The molecule has 14 atom stereocenters. The summed E-state index contributed by atoms with van der Waals surface area (Å²) in [6.45, 7) is 4.94. The molecule has 6 aliphatic rings. The van der Waals surface area contributed by atoms with Gasteiger partial charge in [-0.1, -0.05) is 6.92 Å². The predicted octanol–water partition coefficient (Wildman–Crippen LogP) is 0.292. The minimum Gasteiger partial charge on any atom is -0.462 e. The van der Waals surface area contributed by atoms with E-state index in [0.29, 0.717) is 37.7 Å². The van der Waals surface area contributed by atoms with Crippen LogP contribution in [-0.2, 0) is 33.3 Å². The van der Waals surface area contributed by atoms with Gasteiger partial charge in [-0.3, -0.25) is 4.79 Å². The standard InChI is InChI=1S/C31H44O12/c1-15-24(35)25(36)26(37)27(41-15)43-18-4-8-29(14-32)19-5-7-28(3)23(17-10-22(34)40-13-17)21(42-16(2)33)12-31(28,39)20(19)6-9-30(29,38)11-18/h10,14-15,18-21,23-27,35-39H,4-9,11-13H2,1-3H3. The summed E-state index contributed by atoms with van der Waals surface area (Å²) >= 11 is 0. The molecule has 2 aliphatic heterocycles. The number of ether oxygens (including phenoxy) is 4. The second-order valence-electron chi connectivity index (χ2n) is 14.2. The van der Waals surface area contributed by atoms with Crippen LogP contribution in [0, 0.1) is 28.6 Å². The van der Waals surface area contributed by atoms with Crippen molar-refractivity contribution in [2.24, 2.45) is 28.6 Å². The van der Waals surface area contributed by atoms with Gasteiger partial charge in [-0.05, 0) is 62.9 Å². The molecule has 12 nitrogen and oxygen atoms in total. The number of cyclic esters (lactones) is 1. The molecule has 0 aromatic rings. The van der Waals surface area contributed by atoms with Crippen molar-refractivity contribution in [1.82, 2.24) is 0 Å². The van der Waals surface area contributed by atoms with Gasteiger partial charge in [-0.2, -0.15) is 0 Å². The van der Waals surface area contributed by atoms with Gasteiger partial charge < -0.3 is 49.3 Å². The number of aliphatic hydroxyl groups is 5. The van der Waals surface area contributed by atoms with Crippen molar-refractivity contribution in [2.45, 2.75) is 126 Å². The molecule has 0 aromatic heterocycles. The third kappa shape index (κ3) is 4.46. The third-order valence-electron chi connectivity index (χ3n) is 12.2. The first-order chi connectivity index (χ1) is 20.2. The van der Waals surface area contributed by atoms with Crippen LogP contribution < -0.4 is 0 Å². The minimum atomic E-state index is -1.48. The summed E-state index contributed by atoms with van der Waals surface area (Å²) < 4.78 is 22.6. The SMILES string of the molecule is CC(=O)OC1CC2(O)C3CCC4(O)CC(OC5OC(C)C(O)C(O)C5O)CCC4(C=O)C3CCC2(C)C1C1=CC(=O)OC1. The molecule has 12 heteroatoms. The molecule has 240 valence electrons. The molecule has 0 bridgehead atoms. The maximum atomic E-state index is 13.1. The number of aldehydes is 1. The predicted molar refractivity (Wildman–Crippen MR) is 146 cm³/mol. The summed E-state index contributed by atoms with van der Waals surface area (Å²) in [6.07, 6.45) is -2.47. The Kier molecular flexibility index (Phi) is 7.64. The Balaban J connectivity index is 1.26. The Labute approximate surface area is 250 Å². The van der Waals surface area contributed by atoms with E-state index in [-0.39, 0.29) is 37.7 Å². The fraction of sp³-hybridized carbons (Fsp3) is 0.839. The van der Waals surface area contributed by atoms with Gasteiger partial charge in [0.2, 0.25) is 0 Å². The lowest BCUT2D eigenvalue weighted by atomic mass is 9.41. The van der Waals surface area contributed by atoms with E-state index < -0.39 is 82.8 Å². The van der Waals surface area contributed by atoms with Gasteiger partial charge in [-0.25, -0.2) is 4.79 Å². The zero-order valence-electron chi connectivity index (χ0n) is 24.9. The van der Waals surface area contributed by atoms with Crippen molar-refractivity contribution < 1.29 is 58.9 Å². The molecule has 0 spiro atoms. The first-order valence-electron chi connectivity index (χ1n) is 15.5. The molecule has 0 aromatic carbocycles. The van der Waals surface area contributed by atoms with Crippen LogP contribution in [0.5, 0.6) is 0 Å². The average molecular weight is 609 g/mol. The van der Waals surface area contributed by atoms with Crippen LogP contribution in [0.15, 0.2) is 11.6 Å². The highest BCUT2D eigenvalue weighted by atomic mass is 16.7. The number of carbonyl (C=O) groups excluding carboxylic acids is 3. The molecule has 1 saturated heterocycles. The molecule has 5 N–H and O–H groups in total.